The van der Waals surface area contributed by atoms with Crippen LogP contribution in [0.5, 0.6) is 0 Å². The van der Waals surface area contributed by atoms with Crippen LogP contribution in [0, 0.1) is 6.92 Å². The summed E-state index contributed by atoms with van der Waals surface area (Å²) in [5, 5.41) is 0. The summed E-state index contributed by atoms with van der Waals surface area (Å²) in [5.41, 5.74) is 9.57. The summed E-state index contributed by atoms with van der Waals surface area (Å²) in [4.78, 5) is 8.67. The Bertz CT molecular complexity index is 1200. The largest absolute Gasteiger partial charge is 0.416 e. The molecule has 1 atom stereocenters. The lowest BCUT2D eigenvalue weighted by Crippen LogP contribution is -2.43. The van der Waals surface area contributed by atoms with Crippen LogP contribution in [0.1, 0.15) is 27.8 Å². The Morgan fingerprint density at radius 2 is 1.78 bits per heavy atom. The number of nitrogens with two attached hydrogens (primary N) is 1. The molecule has 0 aliphatic carbocycles. The number of nitrogens with zero attached hydrogens (tertiary/aromatic N) is 3. The van der Waals surface area contributed by atoms with Gasteiger partial charge in [-0.1, -0.05) is 66.2 Å². The molecular weight excluding hydrogens is 461 g/mol. The van der Waals surface area contributed by atoms with Gasteiger partial charge in [-0.25, -0.2) is 0 Å². The van der Waals surface area contributed by atoms with Crippen molar-refractivity contribution >= 4 is 11.9 Å². The molecule has 0 amide bonds. The summed E-state index contributed by atoms with van der Waals surface area (Å²) in [7, 11) is 0. The van der Waals surface area contributed by atoms with E-state index in [0.717, 1.165) is 28.8 Å². The predicted molar refractivity (Wildman–Crippen MR) is 140 cm³/mol. The van der Waals surface area contributed by atoms with Crippen molar-refractivity contribution in [2.75, 3.05) is 18.0 Å². The molecule has 0 saturated heterocycles. The van der Waals surface area contributed by atoms with E-state index in [1.807, 2.05) is 25.1 Å². The Kier molecular flexibility index (Phi) is 8.10. The van der Waals surface area contributed by atoms with Gasteiger partial charge in [0.05, 0.1) is 12.1 Å². The minimum absolute atomic E-state index is 0.0140. The van der Waals surface area contributed by atoms with E-state index in [-0.39, 0.29) is 12.6 Å². The average molecular weight is 493 g/mol. The maximum atomic E-state index is 13.8. The molecule has 0 spiro atoms. The summed E-state index contributed by atoms with van der Waals surface area (Å²) < 4.78 is 41.5. The molecule has 0 fully saturated rings. The second kappa shape index (κ2) is 11.4. The van der Waals surface area contributed by atoms with Gasteiger partial charge in [0.1, 0.15) is 0 Å². The lowest BCUT2D eigenvalue weighted by molar-refractivity contribution is -0.138. The van der Waals surface area contributed by atoms with Crippen LogP contribution in [-0.2, 0) is 25.7 Å². The van der Waals surface area contributed by atoms with Crippen LogP contribution in [0.25, 0.3) is 0 Å². The van der Waals surface area contributed by atoms with Gasteiger partial charge in [-0.2, -0.15) is 13.2 Å². The summed E-state index contributed by atoms with van der Waals surface area (Å²) >= 11 is 0. The number of benzene rings is 3. The number of alkyl halides is 3. The summed E-state index contributed by atoms with van der Waals surface area (Å²) in [5.74, 6) is 0. The molecule has 4 rings (SSSR count). The Morgan fingerprint density at radius 3 is 2.53 bits per heavy atom. The fraction of sp³-hybridized carbons (Fsp3) is 0.276. The first-order valence-electron chi connectivity index (χ1n) is 12.0. The molecule has 7 heteroatoms. The lowest BCUT2D eigenvalue weighted by atomic mass is 10.0. The maximum absolute atomic E-state index is 13.8. The maximum Gasteiger partial charge on any atom is 0.416 e. The molecule has 2 N–H and O–H groups in total. The van der Waals surface area contributed by atoms with Crippen molar-refractivity contribution in [1.29, 1.82) is 0 Å². The minimum Gasteiger partial charge on any atom is -0.403 e. The number of hydrogen-bond donors (Lipinski definition) is 1. The van der Waals surface area contributed by atoms with E-state index in [1.165, 1.54) is 24.5 Å². The SMILES string of the molecule is Cc1ccc2c(c1)CN(Cc1ccccc1C(F)(F)F)[C@H](Cc1ccccc1)CN2CC=N/C=C\N. The molecule has 1 aliphatic rings. The molecule has 0 aromatic heterocycles. The zero-order chi connectivity index (χ0) is 25.5. The first-order chi connectivity index (χ1) is 17.3. The van der Waals surface area contributed by atoms with Gasteiger partial charge in [0, 0.05) is 50.0 Å². The first kappa shape index (κ1) is 25.5. The van der Waals surface area contributed by atoms with Crippen LogP contribution in [0.4, 0.5) is 18.9 Å². The Balaban J connectivity index is 1.74. The highest BCUT2D eigenvalue weighted by atomic mass is 19.4. The van der Waals surface area contributed by atoms with Crippen LogP contribution in [-0.4, -0.2) is 30.2 Å². The number of hydrogen-bond acceptors (Lipinski definition) is 4. The van der Waals surface area contributed by atoms with Crippen molar-refractivity contribution in [3.05, 3.63) is 113 Å². The third-order valence-corrected chi connectivity index (χ3v) is 6.49. The molecule has 188 valence electrons. The standard InChI is InChI=1S/C29H31F3N4/c1-22-11-12-28-25(17-22)20-36(19-24-9-5-6-10-27(24)29(30,31)32)26(18-23-7-3-2-4-8-23)21-35(28)16-15-34-14-13-33/h2-15,17,26H,16,18-21,33H2,1H3/b14-13-,34-15?/t26-/m1/s1. The van der Waals surface area contributed by atoms with E-state index in [1.54, 1.807) is 18.3 Å². The van der Waals surface area contributed by atoms with Crippen molar-refractivity contribution in [2.24, 2.45) is 10.7 Å². The van der Waals surface area contributed by atoms with Gasteiger partial charge in [0.25, 0.3) is 0 Å². The van der Waals surface area contributed by atoms with Crippen LogP contribution in [0.3, 0.4) is 0 Å². The van der Waals surface area contributed by atoms with Crippen molar-refractivity contribution in [2.45, 2.75) is 38.7 Å². The van der Waals surface area contributed by atoms with Gasteiger partial charge in [-0.05, 0) is 42.2 Å². The first-order valence-corrected chi connectivity index (χ1v) is 12.0. The Labute approximate surface area is 210 Å². The van der Waals surface area contributed by atoms with Crippen LogP contribution < -0.4 is 10.6 Å². The van der Waals surface area contributed by atoms with Gasteiger partial charge in [-0.15, -0.1) is 0 Å². The van der Waals surface area contributed by atoms with E-state index in [9.17, 15) is 13.2 Å². The third-order valence-electron chi connectivity index (χ3n) is 6.49. The number of aliphatic imine (C=N–C) groups is 1. The number of anilines is 1. The van der Waals surface area contributed by atoms with Crippen molar-refractivity contribution < 1.29 is 13.2 Å². The van der Waals surface area contributed by atoms with Crippen LogP contribution in [0.15, 0.2) is 90.2 Å². The molecular formula is C29H31F3N4. The highest BCUT2D eigenvalue weighted by Crippen LogP contribution is 2.35. The quantitative estimate of drug-likeness (QED) is 0.415. The minimum atomic E-state index is -4.40. The summed E-state index contributed by atoms with van der Waals surface area (Å²) in [6, 6.07) is 22.3. The van der Waals surface area contributed by atoms with E-state index in [0.29, 0.717) is 25.2 Å². The van der Waals surface area contributed by atoms with Crippen molar-refractivity contribution in [1.82, 2.24) is 4.90 Å². The number of aryl methyl sites for hydroxylation is 1. The zero-order valence-corrected chi connectivity index (χ0v) is 20.3. The monoisotopic (exact) mass is 492 g/mol. The molecule has 3 aromatic carbocycles. The van der Waals surface area contributed by atoms with Gasteiger partial charge in [-0.3, -0.25) is 9.89 Å². The topological polar surface area (TPSA) is 44.9 Å². The molecule has 4 nitrogen and oxygen atoms in total. The molecule has 0 saturated carbocycles. The molecule has 36 heavy (non-hydrogen) atoms. The van der Waals surface area contributed by atoms with Gasteiger partial charge in [0.15, 0.2) is 0 Å². The molecule has 0 bridgehead atoms. The third kappa shape index (κ3) is 6.34. The fourth-order valence-corrected chi connectivity index (χ4v) is 4.81. The van der Waals surface area contributed by atoms with E-state index >= 15 is 0 Å². The smallest absolute Gasteiger partial charge is 0.403 e. The van der Waals surface area contributed by atoms with Gasteiger partial charge in [0.2, 0.25) is 0 Å². The molecule has 3 aromatic rings. The Morgan fingerprint density at radius 1 is 1.03 bits per heavy atom. The van der Waals surface area contributed by atoms with Gasteiger partial charge < -0.3 is 10.6 Å². The molecule has 1 heterocycles. The molecule has 0 radical (unpaired) electrons. The highest BCUT2D eigenvalue weighted by molar-refractivity contribution is 5.68. The fourth-order valence-electron chi connectivity index (χ4n) is 4.81. The second-order valence-electron chi connectivity index (χ2n) is 9.11. The summed E-state index contributed by atoms with van der Waals surface area (Å²) in [6.45, 7) is 4.01. The number of fused-ring (bicyclic) bond motifs is 1. The number of halogens is 3. The molecule has 0 unspecified atom stereocenters. The van der Waals surface area contributed by atoms with Gasteiger partial charge >= 0.3 is 6.18 Å². The lowest BCUT2D eigenvalue weighted by Gasteiger charge is -2.33. The average Bonchev–Trinajstić information content (AvgIpc) is 2.98. The summed E-state index contributed by atoms with van der Waals surface area (Å²) in [6.07, 6.45) is 1.05. The van der Waals surface area contributed by atoms with E-state index < -0.39 is 11.7 Å². The predicted octanol–water partition coefficient (Wildman–Crippen LogP) is 5.95. The normalized spacial score (nSPS) is 17.0. The van der Waals surface area contributed by atoms with E-state index in [4.69, 9.17) is 5.73 Å². The highest BCUT2D eigenvalue weighted by Gasteiger charge is 2.35. The van der Waals surface area contributed by atoms with Crippen LogP contribution >= 0.6 is 0 Å². The van der Waals surface area contributed by atoms with Crippen molar-refractivity contribution in [3.8, 4) is 0 Å². The van der Waals surface area contributed by atoms with Crippen LogP contribution in [0.2, 0.25) is 0 Å². The second-order valence-corrected chi connectivity index (χ2v) is 9.11. The molecule has 1 aliphatic heterocycles. The number of rotatable bonds is 7. The zero-order valence-electron chi connectivity index (χ0n) is 20.3. The van der Waals surface area contributed by atoms with E-state index in [2.05, 4.69) is 45.1 Å². The Hall–Kier alpha value is -3.58. The van der Waals surface area contributed by atoms with Crippen molar-refractivity contribution in [3.63, 3.8) is 0 Å².